The van der Waals surface area contributed by atoms with E-state index in [2.05, 4.69) is 19.7 Å². The molecule has 6 nitrogen and oxygen atoms in total. The number of rotatable bonds is 4. The Morgan fingerprint density at radius 2 is 1.92 bits per heavy atom. The molecule has 0 atom stereocenters. The van der Waals surface area contributed by atoms with E-state index in [4.69, 9.17) is 11.6 Å². The molecule has 0 aliphatic rings. The largest absolute Gasteiger partial charge is 0.343 e. The van der Waals surface area contributed by atoms with Crippen molar-refractivity contribution >= 4 is 49.7 Å². The average molecular weight is 405 g/mol. The molecule has 3 heterocycles. The van der Waals surface area contributed by atoms with Crippen LogP contribution in [0.3, 0.4) is 0 Å². The maximum Gasteiger partial charge on any atom is 0.271 e. The number of benzene rings is 1. The van der Waals surface area contributed by atoms with Gasteiger partial charge in [0.05, 0.1) is 10.7 Å². The van der Waals surface area contributed by atoms with Crippen molar-refractivity contribution in [3.8, 4) is 11.3 Å². The van der Waals surface area contributed by atoms with E-state index in [0.717, 1.165) is 39.3 Å². The highest BCUT2D eigenvalue weighted by Gasteiger charge is 2.17. The number of thiophene rings is 1. The van der Waals surface area contributed by atoms with Crippen LogP contribution in [0, 0.1) is 6.92 Å². The zero-order valence-corrected chi connectivity index (χ0v) is 15.9. The first-order chi connectivity index (χ1) is 12.4. The number of anilines is 1. The van der Waals surface area contributed by atoms with Gasteiger partial charge >= 0.3 is 0 Å². The van der Waals surface area contributed by atoms with Gasteiger partial charge in [0.1, 0.15) is 16.2 Å². The van der Waals surface area contributed by atoms with Crippen molar-refractivity contribution in [3.63, 3.8) is 0 Å². The van der Waals surface area contributed by atoms with E-state index in [9.17, 15) is 8.42 Å². The lowest BCUT2D eigenvalue weighted by Gasteiger charge is -2.07. The van der Waals surface area contributed by atoms with E-state index in [1.54, 1.807) is 17.5 Å². The summed E-state index contributed by atoms with van der Waals surface area (Å²) >= 11 is 6.89. The van der Waals surface area contributed by atoms with Crippen LogP contribution in [0.15, 0.2) is 52.3 Å². The van der Waals surface area contributed by atoms with E-state index >= 15 is 0 Å². The van der Waals surface area contributed by atoms with Crippen molar-refractivity contribution in [2.24, 2.45) is 0 Å². The van der Waals surface area contributed by atoms with Gasteiger partial charge in [0.15, 0.2) is 0 Å². The molecule has 0 aliphatic heterocycles. The van der Waals surface area contributed by atoms with Gasteiger partial charge in [-0.3, -0.25) is 4.72 Å². The topological polar surface area (TPSA) is 87.7 Å². The molecule has 0 radical (unpaired) electrons. The molecule has 0 bridgehead atoms. The molecular formula is C17H13ClN4O2S2. The van der Waals surface area contributed by atoms with Gasteiger partial charge in [0.25, 0.3) is 10.0 Å². The molecule has 2 N–H and O–H groups in total. The van der Waals surface area contributed by atoms with Crippen molar-refractivity contribution in [1.82, 2.24) is 15.0 Å². The Morgan fingerprint density at radius 1 is 1.15 bits per heavy atom. The van der Waals surface area contributed by atoms with Crippen LogP contribution < -0.4 is 4.72 Å². The number of halogens is 1. The fraction of sp³-hybridized carbons (Fsp3) is 0.0588. The first-order valence-corrected chi connectivity index (χ1v) is 10.3. The summed E-state index contributed by atoms with van der Waals surface area (Å²) in [5, 5.41) is 2.91. The molecule has 26 heavy (non-hydrogen) atoms. The van der Waals surface area contributed by atoms with Gasteiger partial charge in [0, 0.05) is 27.7 Å². The Hall–Kier alpha value is -2.42. The van der Waals surface area contributed by atoms with E-state index in [1.165, 1.54) is 12.4 Å². The molecule has 132 valence electrons. The number of hydrogen-bond acceptors (Lipinski definition) is 5. The number of aromatic nitrogens is 3. The van der Waals surface area contributed by atoms with E-state index < -0.39 is 10.0 Å². The van der Waals surface area contributed by atoms with Gasteiger partial charge < -0.3 is 4.98 Å². The third-order valence-electron chi connectivity index (χ3n) is 3.78. The lowest BCUT2D eigenvalue weighted by Crippen LogP contribution is -2.11. The van der Waals surface area contributed by atoms with Gasteiger partial charge in [0.2, 0.25) is 0 Å². The van der Waals surface area contributed by atoms with Crippen molar-refractivity contribution in [1.29, 1.82) is 0 Å². The van der Waals surface area contributed by atoms with Crippen molar-refractivity contribution < 1.29 is 8.42 Å². The number of nitrogens with zero attached hydrogens (tertiary/aromatic N) is 2. The molecule has 4 rings (SSSR count). The second-order valence-electron chi connectivity index (χ2n) is 5.70. The number of sulfonamides is 1. The van der Waals surface area contributed by atoms with E-state index in [0.29, 0.717) is 10.7 Å². The minimum Gasteiger partial charge on any atom is -0.343 e. The smallest absolute Gasteiger partial charge is 0.271 e. The highest BCUT2D eigenvalue weighted by Crippen LogP contribution is 2.29. The summed E-state index contributed by atoms with van der Waals surface area (Å²) in [7, 11) is -3.65. The molecular weight excluding hydrogens is 392 g/mol. The summed E-state index contributed by atoms with van der Waals surface area (Å²) < 4.78 is 27.5. The zero-order chi connectivity index (χ0) is 18.3. The second-order valence-corrected chi connectivity index (χ2v) is 8.96. The van der Waals surface area contributed by atoms with Gasteiger partial charge in [-0.1, -0.05) is 23.7 Å². The van der Waals surface area contributed by atoms with Crippen LogP contribution >= 0.6 is 22.9 Å². The fourth-order valence-corrected chi connectivity index (χ4v) is 5.11. The minimum absolute atomic E-state index is 0.173. The van der Waals surface area contributed by atoms with Crippen LogP contribution in [-0.2, 0) is 10.0 Å². The normalized spacial score (nSPS) is 11.8. The lowest BCUT2D eigenvalue weighted by atomic mass is 10.1. The number of hydrogen-bond donors (Lipinski definition) is 2. The van der Waals surface area contributed by atoms with Crippen LogP contribution in [0.2, 0.25) is 5.02 Å². The summed E-state index contributed by atoms with van der Waals surface area (Å²) in [5.41, 5.74) is 3.90. The number of aromatic amines is 1. The van der Waals surface area contributed by atoms with Gasteiger partial charge in [-0.25, -0.2) is 18.4 Å². The van der Waals surface area contributed by atoms with Crippen LogP contribution in [0.5, 0.6) is 0 Å². The summed E-state index contributed by atoms with van der Waals surface area (Å²) in [5.74, 6) is 0. The zero-order valence-electron chi connectivity index (χ0n) is 13.5. The number of fused-ring (bicyclic) bond motifs is 1. The maximum atomic E-state index is 12.4. The molecule has 0 fully saturated rings. The first kappa shape index (κ1) is 17.0. The molecule has 0 aliphatic carbocycles. The molecule has 9 heteroatoms. The Labute approximate surface area is 158 Å². The van der Waals surface area contributed by atoms with Crippen LogP contribution in [0.1, 0.15) is 5.69 Å². The molecule has 0 spiro atoms. The third-order valence-corrected chi connectivity index (χ3v) is 6.95. The van der Waals surface area contributed by atoms with Crippen molar-refractivity contribution in [2.45, 2.75) is 11.1 Å². The molecule has 4 aromatic rings. The minimum atomic E-state index is -3.65. The third kappa shape index (κ3) is 3.18. The second kappa shape index (κ2) is 6.39. The van der Waals surface area contributed by atoms with Crippen LogP contribution in [0.4, 0.5) is 5.69 Å². The van der Waals surface area contributed by atoms with Gasteiger partial charge in [-0.2, -0.15) is 0 Å². The molecule has 0 saturated carbocycles. The average Bonchev–Trinajstić information content (AvgIpc) is 3.20. The summed E-state index contributed by atoms with van der Waals surface area (Å²) in [6, 6.07) is 10.5. The fourth-order valence-electron chi connectivity index (χ4n) is 2.64. The number of H-pyrrole nitrogens is 1. The first-order valence-electron chi connectivity index (χ1n) is 7.60. The predicted molar refractivity (Wildman–Crippen MR) is 104 cm³/mol. The molecule has 0 unspecified atom stereocenters. The predicted octanol–water partition coefficient (Wildman–Crippen LogP) is 4.45. The van der Waals surface area contributed by atoms with Crippen LogP contribution in [0.25, 0.3) is 22.3 Å². The van der Waals surface area contributed by atoms with Gasteiger partial charge in [-0.05, 0) is 31.2 Å². The van der Waals surface area contributed by atoms with E-state index in [1.807, 2.05) is 25.1 Å². The Balaban J connectivity index is 1.64. The van der Waals surface area contributed by atoms with E-state index in [-0.39, 0.29) is 4.21 Å². The molecule has 0 amide bonds. The monoisotopic (exact) mass is 404 g/mol. The summed E-state index contributed by atoms with van der Waals surface area (Å²) in [6.07, 6.45) is 1.50. The molecule has 3 aromatic heterocycles. The summed E-state index contributed by atoms with van der Waals surface area (Å²) in [6.45, 7) is 1.96. The van der Waals surface area contributed by atoms with Crippen LogP contribution in [-0.4, -0.2) is 23.4 Å². The number of aryl methyl sites for hydroxylation is 1. The Bertz CT molecular complexity index is 1200. The standard InChI is InChI=1S/C17H13ClN4O2S2/c1-10-6-14-16(19-9-20-17(14)21-10)11-2-4-13(5-3-11)22-26(23,24)15-7-12(18)8-25-15/h2-9,22H,1H3,(H,19,20,21). The Kier molecular flexibility index (Phi) is 4.18. The van der Waals surface area contributed by atoms with Gasteiger partial charge in [-0.15, -0.1) is 11.3 Å². The van der Waals surface area contributed by atoms with Crippen molar-refractivity contribution in [3.05, 3.63) is 58.8 Å². The number of nitrogens with one attached hydrogen (secondary N) is 2. The maximum absolute atomic E-state index is 12.4. The summed E-state index contributed by atoms with van der Waals surface area (Å²) in [4.78, 5) is 11.8. The lowest BCUT2D eigenvalue weighted by molar-refractivity contribution is 0.603. The Morgan fingerprint density at radius 3 is 2.62 bits per heavy atom. The highest BCUT2D eigenvalue weighted by atomic mass is 35.5. The molecule has 0 saturated heterocycles. The molecule has 1 aromatic carbocycles. The SMILES string of the molecule is Cc1cc2c(-c3ccc(NS(=O)(=O)c4cc(Cl)cs4)cc3)ncnc2[nH]1. The van der Waals surface area contributed by atoms with Crippen molar-refractivity contribution in [2.75, 3.05) is 4.72 Å². The highest BCUT2D eigenvalue weighted by molar-refractivity contribution is 7.94. The quantitative estimate of drug-likeness (QED) is 0.526.